The molecule has 0 amide bonds. The minimum Gasteiger partial charge on any atom is -0.396 e. The monoisotopic (exact) mass is 76.1 g/mol. The molecule has 0 aliphatic rings. The molecule has 0 radical (unpaired) electrons. The molecule has 0 aromatic rings. The van der Waals surface area contributed by atoms with Crippen LogP contribution in [0.1, 0.15) is 22.5 Å². The summed E-state index contributed by atoms with van der Waals surface area (Å²) in [7, 11) is 0. The molecular formula is C4H10O. The second-order valence-corrected chi connectivity index (χ2v) is 0.762. The third kappa shape index (κ3) is 3.96. The Kier molecular flexibility index (Phi) is 1.73. The van der Waals surface area contributed by atoms with Crippen molar-refractivity contribution < 1.29 is 7.85 Å². The molecule has 0 aromatic carbocycles. The van der Waals surface area contributed by atoms with E-state index in [-0.39, 0.29) is 6.61 Å². The molecule has 0 atom stereocenters. The van der Waals surface area contributed by atoms with E-state index >= 15 is 0 Å². The van der Waals surface area contributed by atoms with Gasteiger partial charge in [0, 0.05) is 9.35 Å². The van der Waals surface area contributed by atoms with E-state index < -0.39 is 6.37 Å². The maximum Gasteiger partial charge on any atom is 0.0430 e. The van der Waals surface area contributed by atoms with E-state index in [0.717, 1.165) is 0 Å². The molecule has 0 spiro atoms. The topological polar surface area (TPSA) is 20.2 Å². The molecule has 0 heterocycles. The van der Waals surface area contributed by atoms with Gasteiger partial charge in [-0.2, -0.15) is 0 Å². The molecule has 0 aromatic heterocycles. The van der Waals surface area contributed by atoms with E-state index in [2.05, 4.69) is 0 Å². The van der Waals surface area contributed by atoms with Crippen LogP contribution in [0.3, 0.4) is 0 Å². The molecule has 0 bridgehead atoms. The minimum atomic E-state index is -1.36. The van der Waals surface area contributed by atoms with Gasteiger partial charge in [0.2, 0.25) is 0 Å². The third-order valence-corrected chi connectivity index (χ3v) is 0.362. The highest BCUT2D eigenvalue weighted by Gasteiger charge is 1.69. The molecule has 1 heteroatoms. The number of rotatable bonds is 2. The van der Waals surface area contributed by atoms with Crippen LogP contribution in [0.2, 0.25) is 0 Å². The molecule has 5 heavy (non-hydrogen) atoms. The first-order chi connectivity index (χ1) is 3.12. The van der Waals surface area contributed by atoms with Crippen molar-refractivity contribution in [2.45, 2.75) is 19.7 Å². The van der Waals surface area contributed by atoms with Gasteiger partial charge >= 0.3 is 0 Å². The first-order valence-electron chi connectivity index (χ1n) is 2.73. The summed E-state index contributed by atoms with van der Waals surface area (Å²) in [5, 5.41) is 8.22. The van der Waals surface area contributed by atoms with Crippen molar-refractivity contribution in [2.75, 3.05) is 6.61 Å². The molecule has 0 saturated carbocycles. The van der Waals surface area contributed by atoms with Crippen LogP contribution in [0, 0.1) is 0 Å². The van der Waals surface area contributed by atoms with Gasteiger partial charge in [0.1, 0.15) is 0 Å². The Morgan fingerprint density at radius 3 is 2.60 bits per heavy atom. The zero-order valence-corrected chi connectivity index (χ0v) is 3.36. The van der Waals surface area contributed by atoms with Gasteiger partial charge in [0.05, 0.1) is 0 Å². The number of aliphatic hydroxyl groups is 1. The number of hydrogen-bond acceptors (Lipinski definition) is 1. The number of aliphatic hydroxyl groups excluding tert-OH is 1. The Morgan fingerprint density at radius 2 is 2.60 bits per heavy atom. The fourth-order valence-electron chi connectivity index (χ4n) is 0.112. The van der Waals surface area contributed by atoms with E-state index in [1.165, 1.54) is 0 Å². The Bertz CT molecular complexity index is 47.7. The van der Waals surface area contributed by atoms with Crippen LogP contribution in [0.5, 0.6) is 0 Å². The predicted molar refractivity (Wildman–Crippen MR) is 22.0 cm³/mol. The van der Waals surface area contributed by atoms with E-state index in [0.29, 0.717) is 6.42 Å². The summed E-state index contributed by atoms with van der Waals surface area (Å²) >= 11 is 0. The minimum absolute atomic E-state index is 0.372. The molecule has 1 N–H and O–H groups in total. The van der Waals surface area contributed by atoms with Gasteiger partial charge in [0.15, 0.2) is 0 Å². The molecule has 0 fully saturated rings. The molecule has 1 nitrogen and oxygen atoms in total. The van der Waals surface area contributed by atoms with Crippen molar-refractivity contribution in [3.63, 3.8) is 0 Å². The smallest absolute Gasteiger partial charge is 0.0430 e. The van der Waals surface area contributed by atoms with Gasteiger partial charge in [-0.25, -0.2) is 0 Å². The number of hydrogen-bond donors (Lipinski definition) is 1. The fraction of sp³-hybridized carbons (Fsp3) is 1.00. The highest BCUT2D eigenvalue weighted by molar-refractivity contribution is 4.23. The Balaban J connectivity index is 3.36. The summed E-state index contributed by atoms with van der Waals surface area (Å²) in [6, 6.07) is 0. The lowest BCUT2D eigenvalue weighted by Crippen LogP contribution is -1.75. The van der Waals surface area contributed by atoms with Crippen LogP contribution in [0.4, 0.5) is 0 Å². The predicted octanol–water partition coefficient (Wildman–Crippen LogP) is 0.779. The van der Waals surface area contributed by atoms with Crippen molar-refractivity contribution in [3.05, 3.63) is 0 Å². The van der Waals surface area contributed by atoms with Crippen molar-refractivity contribution in [1.29, 1.82) is 0 Å². The molecule has 0 unspecified atom stereocenters. The van der Waals surface area contributed by atoms with Gasteiger partial charge in [0.25, 0.3) is 0 Å². The maximum absolute atomic E-state index is 8.22. The van der Waals surface area contributed by atoms with Gasteiger partial charge in [-0.15, -0.1) is 0 Å². The Morgan fingerprint density at radius 1 is 2.00 bits per heavy atom. The van der Waals surface area contributed by atoms with Gasteiger partial charge in [-0.3, -0.25) is 0 Å². The molecular weight excluding hydrogens is 64.0 g/mol. The lowest BCUT2D eigenvalue weighted by molar-refractivity contribution is 0.287. The summed E-state index contributed by atoms with van der Waals surface area (Å²) in [6.45, 7) is 1.33. The van der Waals surface area contributed by atoms with E-state index in [4.69, 9.17) is 7.85 Å². The van der Waals surface area contributed by atoms with Gasteiger partial charge in [-0.05, 0) is 6.37 Å². The first kappa shape index (κ1) is 2.19. The van der Waals surface area contributed by atoms with Crippen molar-refractivity contribution in [3.8, 4) is 0 Å². The van der Waals surface area contributed by atoms with Crippen LogP contribution in [0.15, 0.2) is 0 Å². The maximum atomic E-state index is 8.22. The Hall–Kier alpha value is -0.0400. The summed E-state index contributed by atoms with van der Waals surface area (Å²) in [4.78, 5) is 0. The Labute approximate surface area is 35.4 Å². The van der Waals surface area contributed by atoms with E-state index in [1.54, 1.807) is 6.92 Å². The lowest BCUT2D eigenvalue weighted by atomic mass is 10.4. The quantitative estimate of drug-likeness (QED) is 0.515. The van der Waals surface area contributed by atoms with E-state index in [9.17, 15) is 0 Å². The first-order valence-corrected chi connectivity index (χ1v) is 1.73. The fourth-order valence-corrected chi connectivity index (χ4v) is 0.112. The van der Waals surface area contributed by atoms with E-state index in [1.807, 2.05) is 0 Å². The SMILES string of the molecule is [2H]C([2H])(CC)CO. The largest absolute Gasteiger partial charge is 0.396 e. The van der Waals surface area contributed by atoms with Gasteiger partial charge < -0.3 is 5.11 Å². The summed E-state index contributed by atoms with van der Waals surface area (Å²) in [5.41, 5.74) is 0. The van der Waals surface area contributed by atoms with Crippen molar-refractivity contribution in [1.82, 2.24) is 0 Å². The molecule has 32 valence electrons. The average Bonchev–Trinajstić information content (AvgIpc) is 1.68. The second kappa shape index (κ2) is 3.96. The summed E-state index contributed by atoms with van der Waals surface area (Å²) < 4.78 is 13.7. The summed E-state index contributed by atoms with van der Waals surface area (Å²) in [5.74, 6) is 0. The molecule has 0 aliphatic carbocycles. The van der Waals surface area contributed by atoms with Crippen LogP contribution in [-0.2, 0) is 0 Å². The van der Waals surface area contributed by atoms with Crippen LogP contribution in [-0.4, -0.2) is 11.7 Å². The van der Waals surface area contributed by atoms with Crippen molar-refractivity contribution >= 4 is 0 Å². The van der Waals surface area contributed by atoms with Crippen LogP contribution >= 0.6 is 0 Å². The normalized spacial score (nSPS) is 17.2. The van der Waals surface area contributed by atoms with Gasteiger partial charge in [-0.1, -0.05) is 13.3 Å². The third-order valence-electron chi connectivity index (χ3n) is 0.362. The average molecular weight is 76.1 g/mol. The molecule has 0 rings (SSSR count). The zero-order valence-electron chi connectivity index (χ0n) is 5.36. The summed E-state index contributed by atoms with van der Waals surface area (Å²) in [6.07, 6.45) is -0.983. The lowest BCUT2D eigenvalue weighted by Gasteiger charge is -1.79. The van der Waals surface area contributed by atoms with Crippen LogP contribution < -0.4 is 0 Å². The zero-order chi connectivity index (χ0) is 5.91. The second-order valence-electron chi connectivity index (χ2n) is 0.762. The van der Waals surface area contributed by atoms with Crippen molar-refractivity contribution in [2.24, 2.45) is 0 Å². The highest BCUT2D eigenvalue weighted by Crippen LogP contribution is 1.78. The van der Waals surface area contributed by atoms with Crippen LogP contribution in [0.25, 0.3) is 0 Å². The highest BCUT2D eigenvalue weighted by atomic mass is 16.2. The standard InChI is InChI=1S/C4H10O/c1-2-3-4-5/h5H,2-4H2,1H3/i3D2. The molecule has 0 aliphatic heterocycles. The molecule has 0 saturated heterocycles.